The molecule has 0 unspecified atom stereocenters. The van der Waals surface area contributed by atoms with Crippen molar-refractivity contribution in [2.24, 2.45) is 4.99 Å². The van der Waals surface area contributed by atoms with Crippen LogP contribution in [0.5, 0.6) is 0 Å². The fourth-order valence-corrected chi connectivity index (χ4v) is 1.25. The number of likely N-dealkylation sites (N-methyl/N-ethyl adjacent to an activating group) is 1. The van der Waals surface area contributed by atoms with E-state index in [-0.39, 0.29) is 24.0 Å². The lowest BCUT2D eigenvalue weighted by Gasteiger charge is -2.21. The lowest BCUT2D eigenvalue weighted by Crippen LogP contribution is -2.42. The maximum absolute atomic E-state index is 4.99. The first-order chi connectivity index (χ1) is 8.11. The van der Waals surface area contributed by atoms with Gasteiger partial charge in [0.25, 0.3) is 0 Å². The summed E-state index contributed by atoms with van der Waals surface area (Å²) in [5.74, 6) is 0.859. The molecule has 2 N–H and O–H groups in total. The van der Waals surface area contributed by atoms with Gasteiger partial charge in [0.15, 0.2) is 5.96 Å². The Bertz CT molecular complexity index is 212. The summed E-state index contributed by atoms with van der Waals surface area (Å²) in [6.07, 6.45) is 0.989. The van der Waals surface area contributed by atoms with Gasteiger partial charge >= 0.3 is 0 Å². The Hall–Kier alpha value is -0.0800. The van der Waals surface area contributed by atoms with Crippen LogP contribution in [0.15, 0.2) is 4.99 Å². The van der Waals surface area contributed by atoms with E-state index >= 15 is 0 Å². The third kappa shape index (κ3) is 11.0. The van der Waals surface area contributed by atoms with Crippen molar-refractivity contribution in [1.29, 1.82) is 0 Å². The molecule has 0 rings (SSSR count). The Balaban J connectivity index is 0. The number of methoxy groups -OCH3 is 1. The van der Waals surface area contributed by atoms with E-state index in [0.717, 1.165) is 38.6 Å². The van der Waals surface area contributed by atoms with Gasteiger partial charge in [-0.15, -0.1) is 24.0 Å². The molecule has 0 saturated carbocycles. The van der Waals surface area contributed by atoms with Crippen LogP contribution in [0, 0.1) is 0 Å². The molecule has 0 aliphatic carbocycles. The van der Waals surface area contributed by atoms with Crippen LogP contribution in [0.4, 0.5) is 0 Å². The highest BCUT2D eigenvalue weighted by atomic mass is 127. The Morgan fingerprint density at radius 2 is 1.89 bits per heavy atom. The molecular weight excluding hydrogens is 343 g/mol. The van der Waals surface area contributed by atoms with Crippen LogP contribution in [-0.2, 0) is 4.74 Å². The number of guanidine groups is 1. The standard InChI is InChI=1S/C12H28N4O.HI/c1-11(2)16(4)9-8-15-12(13-3)14-7-6-10-17-5;/h11H,6-10H2,1-5H3,(H2,13,14,15);1H. The number of rotatable bonds is 8. The summed E-state index contributed by atoms with van der Waals surface area (Å²) in [4.78, 5) is 6.46. The Morgan fingerprint density at radius 3 is 2.39 bits per heavy atom. The third-order valence-corrected chi connectivity index (χ3v) is 2.68. The number of aliphatic imine (C=N–C) groups is 1. The van der Waals surface area contributed by atoms with Gasteiger partial charge in [-0.3, -0.25) is 4.99 Å². The second-order valence-corrected chi connectivity index (χ2v) is 4.35. The molecule has 0 fully saturated rings. The van der Waals surface area contributed by atoms with Gasteiger partial charge in [0.1, 0.15) is 0 Å². The molecule has 0 spiro atoms. The van der Waals surface area contributed by atoms with Crippen LogP contribution in [0.2, 0.25) is 0 Å². The number of halogens is 1. The third-order valence-electron chi connectivity index (χ3n) is 2.68. The predicted octanol–water partition coefficient (Wildman–Crippen LogP) is 1.15. The number of hydrogen-bond acceptors (Lipinski definition) is 3. The molecule has 0 heterocycles. The van der Waals surface area contributed by atoms with Crippen molar-refractivity contribution < 1.29 is 4.74 Å². The van der Waals surface area contributed by atoms with E-state index in [9.17, 15) is 0 Å². The molecule has 0 bridgehead atoms. The zero-order chi connectivity index (χ0) is 13.1. The van der Waals surface area contributed by atoms with Crippen molar-refractivity contribution in [2.45, 2.75) is 26.3 Å². The first-order valence-electron chi connectivity index (χ1n) is 6.25. The van der Waals surface area contributed by atoms with Gasteiger partial charge in [-0.05, 0) is 27.3 Å². The molecule has 0 atom stereocenters. The van der Waals surface area contributed by atoms with Gasteiger partial charge in [-0.25, -0.2) is 0 Å². The van der Waals surface area contributed by atoms with Crippen molar-refractivity contribution in [2.75, 3.05) is 47.4 Å². The van der Waals surface area contributed by atoms with Gasteiger partial charge in [0, 0.05) is 46.4 Å². The molecule has 0 radical (unpaired) electrons. The second-order valence-electron chi connectivity index (χ2n) is 4.35. The Labute approximate surface area is 129 Å². The van der Waals surface area contributed by atoms with E-state index in [0.29, 0.717) is 6.04 Å². The SMILES string of the molecule is CN=C(NCCCOC)NCCN(C)C(C)C.I. The number of ether oxygens (including phenoxy) is 1. The topological polar surface area (TPSA) is 48.9 Å². The van der Waals surface area contributed by atoms with Gasteiger partial charge in [-0.1, -0.05) is 0 Å². The fraction of sp³-hybridized carbons (Fsp3) is 0.917. The monoisotopic (exact) mass is 372 g/mol. The molecule has 0 amide bonds. The first-order valence-corrected chi connectivity index (χ1v) is 6.25. The molecule has 0 aliphatic heterocycles. The minimum Gasteiger partial charge on any atom is -0.385 e. The summed E-state index contributed by atoms with van der Waals surface area (Å²) >= 11 is 0. The van der Waals surface area contributed by atoms with Crippen LogP contribution in [0.25, 0.3) is 0 Å². The van der Waals surface area contributed by atoms with Crippen LogP contribution in [0.1, 0.15) is 20.3 Å². The number of hydrogen-bond donors (Lipinski definition) is 2. The van der Waals surface area contributed by atoms with E-state index < -0.39 is 0 Å². The summed E-state index contributed by atoms with van der Waals surface area (Å²) in [6, 6.07) is 0.577. The maximum Gasteiger partial charge on any atom is 0.191 e. The van der Waals surface area contributed by atoms with Gasteiger partial charge in [0.2, 0.25) is 0 Å². The largest absolute Gasteiger partial charge is 0.385 e. The Morgan fingerprint density at radius 1 is 1.28 bits per heavy atom. The summed E-state index contributed by atoms with van der Waals surface area (Å²) in [5, 5.41) is 6.54. The van der Waals surface area contributed by atoms with Crippen LogP contribution < -0.4 is 10.6 Å². The molecule has 5 nitrogen and oxygen atoms in total. The molecular formula is C12H29IN4O. The molecule has 0 aromatic heterocycles. The van der Waals surface area contributed by atoms with Crippen molar-refractivity contribution in [3.8, 4) is 0 Å². The molecule has 110 valence electrons. The van der Waals surface area contributed by atoms with E-state index in [4.69, 9.17) is 4.74 Å². The zero-order valence-electron chi connectivity index (χ0n) is 12.3. The molecule has 6 heteroatoms. The molecule has 0 aliphatic rings. The van der Waals surface area contributed by atoms with Crippen LogP contribution >= 0.6 is 24.0 Å². The lowest BCUT2D eigenvalue weighted by atomic mass is 10.3. The maximum atomic E-state index is 4.99. The van der Waals surface area contributed by atoms with Crippen LogP contribution in [0.3, 0.4) is 0 Å². The minimum atomic E-state index is 0. The summed E-state index contributed by atoms with van der Waals surface area (Å²) < 4.78 is 4.99. The van der Waals surface area contributed by atoms with E-state index in [1.54, 1.807) is 14.2 Å². The molecule has 0 saturated heterocycles. The lowest BCUT2D eigenvalue weighted by molar-refractivity contribution is 0.195. The van der Waals surface area contributed by atoms with Gasteiger partial charge < -0.3 is 20.3 Å². The van der Waals surface area contributed by atoms with Crippen molar-refractivity contribution >= 4 is 29.9 Å². The summed E-state index contributed by atoms with van der Waals surface area (Å²) in [6.45, 7) is 7.96. The van der Waals surface area contributed by atoms with Crippen LogP contribution in [-0.4, -0.2) is 64.3 Å². The quantitative estimate of drug-likeness (QED) is 0.291. The molecule has 0 aromatic carbocycles. The normalized spacial score (nSPS) is 11.6. The predicted molar refractivity (Wildman–Crippen MR) is 89.0 cm³/mol. The average Bonchev–Trinajstić information content (AvgIpc) is 2.31. The van der Waals surface area contributed by atoms with Crippen molar-refractivity contribution in [3.63, 3.8) is 0 Å². The van der Waals surface area contributed by atoms with E-state index in [1.165, 1.54) is 0 Å². The van der Waals surface area contributed by atoms with Gasteiger partial charge in [-0.2, -0.15) is 0 Å². The second kappa shape index (κ2) is 13.4. The van der Waals surface area contributed by atoms with E-state index in [1.807, 2.05) is 0 Å². The number of nitrogens with one attached hydrogen (secondary N) is 2. The minimum absolute atomic E-state index is 0. The summed E-state index contributed by atoms with van der Waals surface area (Å²) in [5.41, 5.74) is 0. The Kier molecular flexibility index (Phi) is 15.0. The van der Waals surface area contributed by atoms with Crippen molar-refractivity contribution in [3.05, 3.63) is 0 Å². The highest BCUT2D eigenvalue weighted by Gasteiger charge is 2.02. The van der Waals surface area contributed by atoms with Crippen molar-refractivity contribution in [1.82, 2.24) is 15.5 Å². The van der Waals surface area contributed by atoms with E-state index in [2.05, 4.69) is 41.4 Å². The van der Waals surface area contributed by atoms with Gasteiger partial charge in [0.05, 0.1) is 0 Å². The average molecular weight is 372 g/mol. The zero-order valence-corrected chi connectivity index (χ0v) is 14.7. The number of nitrogens with zero attached hydrogens (tertiary/aromatic N) is 2. The highest BCUT2D eigenvalue weighted by molar-refractivity contribution is 14.0. The molecule has 18 heavy (non-hydrogen) atoms. The fourth-order valence-electron chi connectivity index (χ4n) is 1.25. The molecule has 0 aromatic rings. The summed E-state index contributed by atoms with van der Waals surface area (Å²) in [7, 11) is 5.63. The highest BCUT2D eigenvalue weighted by Crippen LogP contribution is 1.90. The first kappa shape index (κ1) is 20.2. The smallest absolute Gasteiger partial charge is 0.191 e.